The number of ether oxygens (including phenoxy) is 2. The van der Waals surface area contributed by atoms with Crippen molar-refractivity contribution in [3.05, 3.63) is 113 Å². The number of rotatable bonds is 7. The minimum Gasteiger partial charge on any atom is -0.507 e. The van der Waals surface area contributed by atoms with E-state index in [0.717, 1.165) is 5.56 Å². The number of nitrogens with zero attached hydrogens (tertiary/aromatic N) is 2. The van der Waals surface area contributed by atoms with Crippen LogP contribution in [0.1, 0.15) is 28.5 Å². The highest BCUT2D eigenvalue weighted by Crippen LogP contribution is 2.44. The van der Waals surface area contributed by atoms with Crippen LogP contribution in [0.3, 0.4) is 0 Å². The Morgan fingerprint density at radius 3 is 2.32 bits per heavy atom. The highest BCUT2D eigenvalue weighted by molar-refractivity contribution is 6.51. The van der Waals surface area contributed by atoms with Crippen molar-refractivity contribution in [3.63, 3.8) is 0 Å². The molecule has 1 N–H and O–H groups in total. The van der Waals surface area contributed by atoms with Gasteiger partial charge < -0.3 is 19.1 Å². The smallest absolute Gasteiger partial charge is 0.301 e. The molecule has 0 spiro atoms. The number of aliphatic hydroxyl groups is 1. The zero-order valence-electron chi connectivity index (χ0n) is 20.3. The van der Waals surface area contributed by atoms with Crippen molar-refractivity contribution in [2.45, 2.75) is 19.6 Å². The van der Waals surface area contributed by atoms with Gasteiger partial charge in [0.15, 0.2) is 17.3 Å². The average Bonchev–Trinajstić information content (AvgIpc) is 3.48. The second-order valence-electron chi connectivity index (χ2n) is 8.52. The number of carbonyl (C=O) groups is 2. The fourth-order valence-electron chi connectivity index (χ4n) is 4.31. The third kappa shape index (κ3) is 4.56. The van der Waals surface area contributed by atoms with Gasteiger partial charge in [-0.15, -0.1) is 0 Å². The minimum absolute atomic E-state index is 0.0585. The second-order valence-corrected chi connectivity index (χ2v) is 8.52. The Morgan fingerprint density at radius 2 is 1.68 bits per heavy atom. The van der Waals surface area contributed by atoms with Crippen molar-refractivity contribution < 1.29 is 28.7 Å². The highest BCUT2D eigenvalue weighted by atomic mass is 16.5. The number of hydrogen-bond acceptors (Lipinski definition) is 7. The second kappa shape index (κ2) is 10.0. The number of hydrogen-bond donors (Lipinski definition) is 1. The number of Topliss-reactive ketones (excluding diaryl/α,β-unsaturated/α-hetero) is 1. The van der Waals surface area contributed by atoms with Crippen LogP contribution < -0.4 is 14.4 Å². The van der Waals surface area contributed by atoms with Gasteiger partial charge in [-0.2, -0.15) is 0 Å². The number of amides is 1. The monoisotopic (exact) mass is 496 g/mol. The Kier molecular flexibility index (Phi) is 6.47. The lowest BCUT2D eigenvalue weighted by Crippen LogP contribution is -2.29. The Morgan fingerprint density at radius 1 is 0.973 bits per heavy atom. The van der Waals surface area contributed by atoms with Crippen LogP contribution in [0.25, 0.3) is 5.76 Å². The Hall–Kier alpha value is -4.85. The van der Waals surface area contributed by atoms with Crippen LogP contribution in [0.2, 0.25) is 0 Å². The predicted octanol–water partition coefficient (Wildman–Crippen LogP) is 5.20. The average molecular weight is 497 g/mol. The maximum Gasteiger partial charge on any atom is 0.301 e. The first-order valence-electron chi connectivity index (χ1n) is 11.6. The molecule has 1 aliphatic rings. The summed E-state index contributed by atoms with van der Waals surface area (Å²) in [6, 6.07) is 24.0. The molecule has 2 heterocycles. The molecule has 1 atom stereocenters. The molecule has 8 heteroatoms. The molecule has 3 aromatic carbocycles. The number of aryl methyl sites for hydroxylation is 1. The van der Waals surface area contributed by atoms with E-state index in [0.29, 0.717) is 35.0 Å². The molecule has 186 valence electrons. The van der Waals surface area contributed by atoms with Gasteiger partial charge in [-0.05, 0) is 30.2 Å². The molecule has 1 amide bonds. The van der Waals surface area contributed by atoms with Gasteiger partial charge in [-0.25, -0.2) is 0 Å². The Balaban J connectivity index is 1.60. The highest BCUT2D eigenvalue weighted by Gasteiger charge is 2.48. The topological polar surface area (TPSA) is 102 Å². The van der Waals surface area contributed by atoms with Gasteiger partial charge >= 0.3 is 5.91 Å². The molecule has 1 saturated heterocycles. The first-order valence-corrected chi connectivity index (χ1v) is 11.6. The number of benzene rings is 3. The number of ketones is 1. The molecule has 0 unspecified atom stereocenters. The van der Waals surface area contributed by atoms with Crippen molar-refractivity contribution in [1.82, 2.24) is 5.16 Å². The summed E-state index contributed by atoms with van der Waals surface area (Å²) in [5, 5.41) is 15.1. The molecule has 8 nitrogen and oxygen atoms in total. The molecule has 0 bridgehead atoms. The lowest BCUT2D eigenvalue weighted by molar-refractivity contribution is -0.132. The van der Waals surface area contributed by atoms with Crippen molar-refractivity contribution in [2.75, 3.05) is 12.0 Å². The van der Waals surface area contributed by atoms with Crippen LogP contribution in [0, 0.1) is 6.92 Å². The van der Waals surface area contributed by atoms with Gasteiger partial charge in [0.2, 0.25) is 0 Å². The molecule has 5 rings (SSSR count). The van der Waals surface area contributed by atoms with E-state index in [1.807, 2.05) is 30.3 Å². The van der Waals surface area contributed by atoms with Crippen molar-refractivity contribution >= 4 is 23.3 Å². The first kappa shape index (κ1) is 23.9. The fourth-order valence-corrected chi connectivity index (χ4v) is 4.31. The Labute approximate surface area is 213 Å². The minimum atomic E-state index is -0.971. The molecular weight excluding hydrogens is 472 g/mol. The van der Waals surface area contributed by atoms with Crippen LogP contribution in [0.15, 0.2) is 95.0 Å². The summed E-state index contributed by atoms with van der Waals surface area (Å²) in [5.74, 6) is -0.381. The zero-order chi connectivity index (χ0) is 25.9. The van der Waals surface area contributed by atoms with Gasteiger partial charge in [-0.1, -0.05) is 71.9 Å². The van der Waals surface area contributed by atoms with Crippen LogP contribution in [-0.4, -0.2) is 29.1 Å². The number of anilines is 1. The molecule has 1 aromatic heterocycles. The number of methoxy groups -OCH3 is 1. The van der Waals surface area contributed by atoms with E-state index in [1.165, 1.54) is 12.0 Å². The number of aromatic nitrogens is 1. The van der Waals surface area contributed by atoms with E-state index >= 15 is 0 Å². The summed E-state index contributed by atoms with van der Waals surface area (Å²) in [6.45, 7) is 2.02. The van der Waals surface area contributed by atoms with E-state index in [1.54, 1.807) is 61.5 Å². The van der Waals surface area contributed by atoms with E-state index < -0.39 is 17.7 Å². The quantitative estimate of drug-likeness (QED) is 0.213. The molecule has 37 heavy (non-hydrogen) atoms. The largest absolute Gasteiger partial charge is 0.507 e. The van der Waals surface area contributed by atoms with Gasteiger partial charge in [-0.3, -0.25) is 14.5 Å². The van der Waals surface area contributed by atoms with E-state index in [9.17, 15) is 14.7 Å². The summed E-state index contributed by atoms with van der Waals surface area (Å²) >= 11 is 0. The van der Waals surface area contributed by atoms with Crippen LogP contribution >= 0.6 is 0 Å². The summed E-state index contributed by atoms with van der Waals surface area (Å²) in [7, 11) is 1.51. The molecular formula is C29H24N2O6. The molecule has 1 fully saturated rings. The van der Waals surface area contributed by atoms with Crippen molar-refractivity contribution in [1.29, 1.82) is 0 Å². The maximum absolute atomic E-state index is 13.3. The molecule has 4 aromatic rings. The maximum atomic E-state index is 13.3. The van der Waals surface area contributed by atoms with Gasteiger partial charge in [0.25, 0.3) is 5.78 Å². The third-order valence-corrected chi connectivity index (χ3v) is 6.09. The fraction of sp³-hybridized carbons (Fsp3) is 0.138. The molecule has 0 aliphatic carbocycles. The predicted molar refractivity (Wildman–Crippen MR) is 136 cm³/mol. The zero-order valence-corrected chi connectivity index (χ0v) is 20.3. The molecule has 0 radical (unpaired) electrons. The van der Waals surface area contributed by atoms with Crippen molar-refractivity contribution in [2.24, 2.45) is 0 Å². The van der Waals surface area contributed by atoms with Gasteiger partial charge in [0, 0.05) is 11.6 Å². The normalized spacial score (nSPS) is 16.7. The third-order valence-electron chi connectivity index (χ3n) is 6.09. The van der Waals surface area contributed by atoms with Crippen molar-refractivity contribution in [3.8, 4) is 11.5 Å². The lowest BCUT2D eigenvalue weighted by atomic mass is 9.95. The summed E-state index contributed by atoms with van der Waals surface area (Å²) in [5.41, 5.74) is 1.88. The molecule has 0 saturated carbocycles. The number of aliphatic hydroxyl groups excluding tert-OH is 1. The van der Waals surface area contributed by atoms with E-state index in [-0.39, 0.29) is 17.2 Å². The lowest BCUT2D eigenvalue weighted by Gasteiger charge is -2.23. The SMILES string of the molecule is COc1cc([C@@H]2C(=C(O)c3ccccc3)C(=O)C(=O)N2c2cc(C)on2)ccc1OCc1ccccc1. The standard InChI is InChI=1S/C29H24N2O6/c1-18-15-24(30-37-18)31-26(25(28(33)29(31)34)27(32)20-11-7-4-8-12-20)21-13-14-22(23(16-21)35-2)36-17-19-9-5-3-6-10-19/h3-16,26,32H,17H2,1-2H3/t26-/m1/s1. The summed E-state index contributed by atoms with van der Waals surface area (Å²) in [4.78, 5) is 27.7. The van der Waals surface area contributed by atoms with E-state index in [2.05, 4.69) is 5.16 Å². The van der Waals surface area contributed by atoms with Gasteiger partial charge in [0.05, 0.1) is 18.7 Å². The summed E-state index contributed by atoms with van der Waals surface area (Å²) < 4.78 is 16.7. The van der Waals surface area contributed by atoms with E-state index in [4.69, 9.17) is 14.0 Å². The number of carbonyl (C=O) groups excluding carboxylic acids is 2. The van der Waals surface area contributed by atoms with Crippen LogP contribution in [-0.2, 0) is 16.2 Å². The molecule has 1 aliphatic heterocycles. The van der Waals surface area contributed by atoms with Crippen LogP contribution in [0.5, 0.6) is 11.5 Å². The Bertz CT molecular complexity index is 1480. The first-order chi connectivity index (χ1) is 18.0. The summed E-state index contributed by atoms with van der Waals surface area (Å²) in [6.07, 6.45) is 0. The van der Waals surface area contributed by atoms with Gasteiger partial charge in [0.1, 0.15) is 18.1 Å². The van der Waals surface area contributed by atoms with Crippen LogP contribution in [0.4, 0.5) is 5.82 Å².